The lowest BCUT2D eigenvalue weighted by molar-refractivity contribution is 0.629. The summed E-state index contributed by atoms with van der Waals surface area (Å²) >= 11 is 0. The highest BCUT2D eigenvalue weighted by atomic mass is 15.3. The average Bonchev–Trinajstić information content (AvgIpc) is 2.59. The first-order valence-corrected chi connectivity index (χ1v) is 5.37. The summed E-state index contributed by atoms with van der Waals surface area (Å²) in [5.74, 6) is 0.598. The van der Waals surface area contributed by atoms with Gasteiger partial charge in [-0.3, -0.25) is 0 Å². The summed E-state index contributed by atoms with van der Waals surface area (Å²) < 4.78 is 0. The van der Waals surface area contributed by atoms with Gasteiger partial charge in [0.2, 0.25) is 5.95 Å². The molecule has 15 heavy (non-hydrogen) atoms. The Kier molecular flexibility index (Phi) is 2.81. The molecule has 3 N–H and O–H groups in total. The zero-order chi connectivity index (χ0) is 10.8. The number of aromatic nitrogens is 3. The average molecular weight is 207 g/mol. The first-order valence-electron chi connectivity index (χ1n) is 5.37. The Balaban J connectivity index is 2.07. The van der Waals surface area contributed by atoms with Crippen molar-refractivity contribution in [1.82, 2.24) is 15.2 Å². The fourth-order valence-corrected chi connectivity index (χ4v) is 1.85. The summed E-state index contributed by atoms with van der Waals surface area (Å²) in [7, 11) is 0. The molecular formula is C10H17N5. The second-order valence-corrected chi connectivity index (χ2v) is 4.15. The monoisotopic (exact) mass is 207 g/mol. The van der Waals surface area contributed by atoms with Crippen molar-refractivity contribution in [1.29, 1.82) is 0 Å². The molecule has 5 heteroatoms. The minimum atomic E-state index is 0.218. The highest BCUT2D eigenvalue weighted by molar-refractivity contribution is 5.27. The Morgan fingerprint density at radius 3 is 2.60 bits per heavy atom. The second kappa shape index (κ2) is 4.10. The third kappa shape index (κ3) is 2.23. The van der Waals surface area contributed by atoms with Gasteiger partial charge < -0.3 is 11.1 Å². The van der Waals surface area contributed by atoms with Crippen LogP contribution in [0.3, 0.4) is 0 Å². The van der Waals surface area contributed by atoms with Gasteiger partial charge in [0.1, 0.15) is 0 Å². The van der Waals surface area contributed by atoms with E-state index in [1.807, 2.05) is 13.8 Å². The van der Waals surface area contributed by atoms with Crippen LogP contribution >= 0.6 is 0 Å². The predicted molar refractivity (Wildman–Crippen MR) is 58.5 cm³/mol. The van der Waals surface area contributed by atoms with Crippen LogP contribution in [0.15, 0.2) is 0 Å². The molecule has 5 nitrogen and oxygen atoms in total. The van der Waals surface area contributed by atoms with E-state index in [0.29, 0.717) is 12.0 Å². The van der Waals surface area contributed by atoms with Crippen molar-refractivity contribution < 1.29 is 0 Å². The lowest BCUT2D eigenvalue weighted by atomic mass is 10.2. The van der Waals surface area contributed by atoms with Gasteiger partial charge in [-0.05, 0) is 33.1 Å². The van der Waals surface area contributed by atoms with Crippen molar-refractivity contribution in [2.75, 3.05) is 5.32 Å². The molecule has 0 amide bonds. The Bertz CT molecular complexity index is 352. The summed E-state index contributed by atoms with van der Waals surface area (Å²) in [4.78, 5) is 4.33. The molecule has 0 radical (unpaired) electrons. The normalized spacial score (nSPS) is 25.5. The zero-order valence-corrected chi connectivity index (χ0v) is 9.20. The zero-order valence-electron chi connectivity index (χ0n) is 9.20. The molecule has 0 bridgehead atoms. The molecule has 0 spiro atoms. The van der Waals surface area contributed by atoms with E-state index in [2.05, 4.69) is 20.5 Å². The molecule has 1 heterocycles. The SMILES string of the molecule is Cc1nnc(NC2CCCC2N)nc1C. The van der Waals surface area contributed by atoms with Crippen LogP contribution in [-0.4, -0.2) is 27.3 Å². The fourth-order valence-electron chi connectivity index (χ4n) is 1.85. The van der Waals surface area contributed by atoms with E-state index in [1.165, 1.54) is 6.42 Å². The third-order valence-electron chi connectivity index (χ3n) is 2.98. The Hall–Kier alpha value is -1.23. The Morgan fingerprint density at radius 1 is 1.20 bits per heavy atom. The maximum Gasteiger partial charge on any atom is 0.243 e. The lowest BCUT2D eigenvalue weighted by Crippen LogP contribution is -2.35. The molecule has 2 rings (SSSR count). The predicted octanol–water partition coefficient (Wildman–Crippen LogP) is 0.780. The third-order valence-corrected chi connectivity index (χ3v) is 2.98. The van der Waals surface area contributed by atoms with Crippen LogP contribution in [-0.2, 0) is 0 Å². The van der Waals surface area contributed by atoms with Crippen molar-refractivity contribution in [3.8, 4) is 0 Å². The number of hydrogen-bond donors (Lipinski definition) is 2. The van der Waals surface area contributed by atoms with Crippen molar-refractivity contribution in [3.05, 3.63) is 11.4 Å². The molecule has 82 valence electrons. The first-order chi connectivity index (χ1) is 7.16. The van der Waals surface area contributed by atoms with Crippen molar-refractivity contribution in [2.45, 2.75) is 45.2 Å². The van der Waals surface area contributed by atoms with E-state index in [1.54, 1.807) is 0 Å². The summed E-state index contributed by atoms with van der Waals surface area (Å²) in [5, 5.41) is 11.3. The molecule has 1 aromatic rings. The highest BCUT2D eigenvalue weighted by Crippen LogP contribution is 2.19. The van der Waals surface area contributed by atoms with E-state index in [9.17, 15) is 0 Å². The number of nitrogens with zero attached hydrogens (tertiary/aromatic N) is 3. The molecule has 0 aliphatic heterocycles. The van der Waals surface area contributed by atoms with Gasteiger partial charge >= 0.3 is 0 Å². The molecule has 1 aliphatic carbocycles. The number of aryl methyl sites for hydroxylation is 2. The van der Waals surface area contributed by atoms with Gasteiger partial charge in [-0.15, -0.1) is 5.10 Å². The molecule has 0 saturated heterocycles. The van der Waals surface area contributed by atoms with Gasteiger partial charge in [0.15, 0.2) is 0 Å². The van der Waals surface area contributed by atoms with E-state index in [-0.39, 0.29) is 6.04 Å². The minimum absolute atomic E-state index is 0.218. The number of hydrogen-bond acceptors (Lipinski definition) is 5. The molecule has 1 fully saturated rings. The standard InChI is InChI=1S/C10H17N5/c1-6-7(2)14-15-10(12-6)13-9-5-3-4-8(9)11/h8-9H,3-5,11H2,1-2H3,(H,12,13,15). The van der Waals surface area contributed by atoms with Gasteiger partial charge in [-0.25, -0.2) is 4.98 Å². The van der Waals surface area contributed by atoms with Gasteiger partial charge in [-0.1, -0.05) is 0 Å². The van der Waals surface area contributed by atoms with Gasteiger partial charge in [-0.2, -0.15) is 5.10 Å². The summed E-state index contributed by atoms with van der Waals surface area (Å²) in [6.45, 7) is 3.84. The van der Waals surface area contributed by atoms with Crippen LogP contribution in [0.5, 0.6) is 0 Å². The second-order valence-electron chi connectivity index (χ2n) is 4.15. The van der Waals surface area contributed by atoms with E-state index < -0.39 is 0 Å². The number of anilines is 1. The van der Waals surface area contributed by atoms with E-state index in [0.717, 1.165) is 24.2 Å². The Labute approximate surface area is 89.5 Å². The quantitative estimate of drug-likeness (QED) is 0.749. The molecule has 1 aromatic heterocycles. The van der Waals surface area contributed by atoms with E-state index >= 15 is 0 Å². The van der Waals surface area contributed by atoms with E-state index in [4.69, 9.17) is 5.73 Å². The fraction of sp³-hybridized carbons (Fsp3) is 0.700. The summed E-state index contributed by atoms with van der Waals surface area (Å²) in [5.41, 5.74) is 7.74. The Morgan fingerprint density at radius 2 is 2.00 bits per heavy atom. The smallest absolute Gasteiger partial charge is 0.243 e. The molecule has 0 aromatic carbocycles. The maximum absolute atomic E-state index is 5.96. The van der Waals surface area contributed by atoms with Crippen molar-refractivity contribution in [2.24, 2.45) is 5.73 Å². The van der Waals surface area contributed by atoms with Crippen LogP contribution in [0, 0.1) is 13.8 Å². The number of nitrogens with two attached hydrogens (primary N) is 1. The van der Waals surface area contributed by atoms with Gasteiger partial charge in [0.05, 0.1) is 11.4 Å². The number of nitrogens with one attached hydrogen (secondary N) is 1. The summed E-state index contributed by atoms with van der Waals surface area (Å²) in [6, 6.07) is 0.518. The minimum Gasteiger partial charge on any atom is -0.349 e. The topological polar surface area (TPSA) is 76.7 Å². The first kappa shape index (κ1) is 10.3. The van der Waals surface area contributed by atoms with Crippen LogP contribution in [0.4, 0.5) is 5.95 Å². The van der Waals surface area contributed by atoms with Crippen LogP contribution in [0.2, 0.25) is 0 Å². The van der Waals surface area contributed by atoms with Crippen molar-refractivity contribution >= 4 is 5.95 Å². The molecule has 2 unspecified atom stereocenters. The molecule has 2 atom stereocenters. The molecule has 1 aliphatic rings. The van der Waals surface area contributed by atoms with Gasteiger partial charge in [0, 0.05) is 12.1 Å². The summed E-state index contributed by atoms with van der Waals surface area (Å²) in [6.07, 6.45) is 3.35. The van der Waals surface area contributed by atoms with Crippen LogP contribution in [0.1, 0.15) is 30.7 Å². The van der Waals surface area contributed by atoms with Gasteiger partial charge in [0.25, 0.3) is 0 Å². The number of rotatable bonds is 2. The van der Waals surface area contributed by atoms with Crippen molar-refractivity contribution in [3.63, 3.8) is 0 Å². The molecular weight excluding hydrogens is 190 g/mol. The largest absolute Gasteiger partial charge is 0.349 e. The van der Waals surface area contributed by atoms with Crippen LogP contribution in [0.25, 0.3) is 0 Å². The van der Waals surface area contributed by atoms with Crippen LogP contribution < -0.4 is 11.1 Å². The highest BCUT2D eigenvalue weighted by Gasteiger charge is 2.24. The maximum atomic E-state index is 5.96. The molecule has 1 saturated carbocycles. The lowest BCUT2D eigenvalue weighted by Gasteiger charge is -2.16.